The van der Waals surface area contributed by atoms with E-state index >= 15 is 0 Å². The number of nitrogens with one attached hydrogen (secondary N) is 1. The van der Waals surface area contributed by atoms with Crippen molar-refractivity contribution in [3.8, 4) is 5.75 Å². The predicted octanol–water partition coefficient (Wildman–Crippen LogP) is 3.05. The Morgan fingerprint density at radius 2 is 2.10 bits per heavy atom. The number of carbonyl (C=O) groups excluding carboxylic acids is 2. The topological polar surface area (TPSA) is 61.9 Å². The van der Waals surface area contributed by atoms with Gasteiger partial charge in [-0.05, 0) is 68.7 Å². The van der Waals surface area contributed by atoms with Gasteiger partial charge in [-0.3, -0.25) is 14.5 Å². The lowest BCUT2D eigenvalue weighted by Crippen LogP contribution is -2.60. The number of benzene rings is 1. The number of anilines is 1. The number of carbonyl (C=O) groups is 2. The molecule has 1 aromatic rings. The van der Waals surface area contributed by atoms with Crippen molar-refractivity contribution < 1.29 is 14.3 Å². The van der Waals surface area contributed by atoms with E-state index < -0.39 is 0 Å². The van der Waals surface area contributed by atoms with Crippen LogP contribution in [0.15, 0.2) is 29.8 Å². The van der Waals surface area contributed by atoms with E-state index in [-0.39, 0.29) is 24.5 Å². The highest BCUT2D eigenvalue weighted by molar-refractivity contribution is 6.00. The van der Waals surface area contributed by atoms with E-state index in [4.69, 9.17) is 4.74 Å². The molecule has 1 N–H and O–H groups in total. The Morgan fingerprint density at radius 1 is 1.17 bits per heavy atom. The summed E-state index contributed by atoms with van der Waals surface area (Å²) in [6, 6.07) is 6.37. The van der Waals surface area contributed by atoms with Gasteiger partial charge < -0.3 is 15.0 Å². The number of nitrogens with zero attached hydrogens (tertiary/aromatic N) is 2. The summed E-state index contributed by atoms with van der Waals surface area (Å²) in [4.78, 5) is 30.1. The third kappa shape index (κ3) is 2.96. The smallest absolute Gasteiger partial charge is 0.262 e. The number of piperidine rings is 3. The van der Waals surface area contributed by atoms with Crippen LogP contribution >= 0.6 is 0 Å². The molecule has 4 aliphatic heterocycles. The first kappa shape index (κ1) is 18.4. The van der Waals surface area contributed by atoms with Gasteiger partial charge in [0.1, 0.15) is 5.75 Å². The Hall–Kier alpha value is -2.34. The lowest BCUT2D eigenvalue weighted by atomic mass is 9.68. The molecule has 4 atom stereocenters. The van der Waals surface area contributed by atoms with Crippen molar-refractivity contribution in [1.29, 1.82) is 0 Å². The van der Waals surface area contributed by atoms with Crippen LogP contribution in [0.5, 0.6) is 5.75 Å². The van der Waals surface area contributed by atoms with Crippen LogP contribution in [0.25, 0.3) is 0 Å². The third-order valence-corrected chi connectivity index (χ3v) is 7.78. The zero-order valence-electron chi connectivity index (χ0n) is 17.3. The molecule has 0 aromatic heterocycles. The van der Waals surface area contributed by atoms with Crippen LogP contribution in [-0.4, -0.2) is 59.9 Å². The number of amides is 2. The van der Waals surface area contributed by atoms with E-state index in [1.165, 1.54) is 37.8 Å². The zero-order chi connectivity index (χ0) is 20.2. The molecule has 6 rings (SSSR count). The van der Waals surface area contributed by atoms with Crippen molar-refractivity contribution in [2.24, 2.45) is 11.8 Å². The van der Waals surface area contributed by atoms with Gasteiger partial charge >= 0.3 is 0 Å². The number of ether oxygens (including phenoxy) is 1. The van der Waals surface area contributed by atoms with Crippen molar-refractivity contribution in [1.82, 2.24) is 9.80 Å². The lowest BCUT2D eigenvalue weighted by molar-refractivity contribution is -0.118. The fourth-order valence-electron chi connectivity index (χ4n) is 6.58. The second-order valence-corrected chi connectivity index (χ2v) is 9.55. The molecule has 6 heteroatoms. The van der Waals surface area contributed by atoms with Crippen molar-refractivity contribution >= 4 is 17.5 Å². The first-order valence-corrected chi connectivity index (χ1v) is 11.5. The minimum atomic E-state index is -0.174. The zero-order valence-corrected chi connectivity index (χ0v) is 17.3. The van der Waals surface area contributed by atoms with E-state index in [9.17, 15) is 9.59 Å². The molecule has 3 saturated heterocycles. The monoisotopic (exact) mass is 407 g/mol. The van der Waals surface area contributed by atoms with Gasteiger partial charge in [-0.25, -0.2) is 0 Å². The van der Waals surface area contributed by atoms with E-state index in [0.717, 1.165) is 32.0 Å². The van der Waals surface area contributed by atoms with E-state index in [0.29, 0.717) is 28.8 Å². The van der Waals surface area contributed by atoms with Gasteiger partial charge in [0.25, 0.3) is 11.8 Å². The summed E-state index contributed by atoms with van der Waals surface area (Å²) in [6.07, 6.45) is 9.92. The Bertz CT molecular complexity index is 926. The molecule has 0 saturated carbocycles. The standard InChI is InChI=1S/C24H29N3O3/c28-22-14-30-21-7-6-16(12-19(21)25-22)24(29)27-9-3-4-15-10-17-11-18(23(15)27)13-26-8-2-1-5-20(17)26/h6-7,10,12,17-18,20,23H,1-5,8-9,11,13-14H2,(H,25,28)/t17-,18-,20-,23+/m0/s1. The van der Waals surface area contributed by atoms with E-state index in [2.05, 4.69) is 21.2 Å². The number of hydrogen-bond donors (Lipinski definition) is 1. The lowest BCUT2D eigenvalue weighted by Gasteiger charge is -2.54. The molecular formula is C24H29N3O3. The largest absolute Gasteiger partial charge is 0.482 e. The summed E-state index contributed by atoms with van der Waals surface area (Å²) in [5, 5.41) is 2.83. The number of hydrogen-bond acceptors (Lipinski definition) is 4. The van der Waals surface area contributed by atoms with Gasteiger partial charge in [0.05, 0.1) is 11.7 Å². The molecule has 2 bridgehead atoms. The Balaban J connectivity index is 1.30. The molecule has 4 heterocycles. The fourth-order valence-corrected chi connectivity index (χ4v) is 6.58. The summed E-state index contributed by atoms with van der Waals surface area (Å²) < 4.78 is 5.45. The summed E-state index contributed by atoms with van der Waals surface area (Å²) in [7, 11) is 0. The number of rotatable bonds is 1. The molecule has 0 unspecified atom stereocenters. The first-order valence-electron chi connectivity index (χ1n) is 11.5. The molecule has 2 amide bonds. The predicted molar refractivity (Wildman–Crippen MR) is 114 cm³/mol. The maximum atomic E-state index is 13.6. The number of likely N-dealkylation sites (tertiary alicyclic amines) is 1. The number of fused-ring (bicyclic) bond motifs is 7. The van der Waals surface area contributed by atoms with Gasteiger partial charge in [0.2, 0.25) is 0 Å². The first-order chi connectivity index (χ1) is 14.7. The molecule has 5 aliphatic rings. The van der Waals surface area contributed by atoms with Gasteiger partial charge in [-0.15, -0.1) is 0 Å². The molecule has 158 valence electrons. The highest BCUT2D eigenvalue weighted by atomic mass is 16.5. The van der Waals surface area contributed by atoms with Crippen molar-refractivity contribution in [2.45, 2.75) is 50.6 Å². The Labute approximate surface area is 177 Å². The molecule has 1 aromatic carbocycles. The van der Waals surface area contributed by atoms with Crippen molar-refractivity contribution in [2.75, 3.05) is 31.6 Å². The minimum Gasteiger partial charge on any atom is -0.482 e. The van der Waals surface area contributed by atoms with E-state index in [1.54, 1.807) is 12.1 Å². The SMILES string of the molecule is O=C1COc2ccc(C(=O)N3CCCC4=C[C@H]5C[C@@H](CN6CCCC[C@@H]56)[C@@H]43)cc2N1. The second-order valence-electron chi connectivity index (χ2n) is 9.55. The second kappa shape index (κ2) is 7.12. The maximum absolute atomic E-state index is 13.6. The van der Waals surface area contributed by atoms with Crippen LogP contribution in [0.3, 0.4) is 0 Å². The molecule has 30 heavy (non-hydrogen) atoms. The average Bonchev–Trinajstić information content (AvgIpc) is 2.78. The summed E-state index contributed by atoms with van der Waals surface area (Å²) in [6.45, 7) is 3.18. The van der Waals surface area contributed by atoms with E-state index in [1.807, 2.05) is 6.07 Å². The van der Waals surface area contributed by atoms with Crippen LogP contribution < -0.4 is 10.1 Å². The fraction of sp³-hybridized carbons (Fsp3) is 0.583. The highest BCUT2D eigenvalue weighted by Crippen LogP contribution is 2.45. The molecule has 6 nitrogen and oxygen atoms in total. The molecule has 0 spiro atoms. The quantitative estimate of drug-likeness (QED) is 0.727. The van der Waals surface area contributed by atoms with Gasteiger partial charge in [-0.1, -0.05) is 18.1 Å². The maximum Gasteiger partial charge on any atom is 0.262 e. The summed E-state index contributed by atoms with van der Waals surface area (Å²) >= 11 is 0. The molecular weight excluding hydrogens is 378 g/mol. The molecule has 3 fully saturated rings. The van der Waals surface area contributed by atoms with Crippen molar-refractivity contribution in [3.05, 3.63) is 35.4 Å². The van der Waals surface area contributed by atoms with Crippen LogP contribution in [0.1, 0.15) is 48.9 Å². The van der Waals surface area contributed by atoms with Crippen LogP contribution in [-0.2, 0) is 4.79 Å². The highest BCUT2D eigenvalue weighted by Gasteiger charge is 2.47. The minimum absolute atomic E-state index is 0.0307. The van der Waals surface area contributed by atoms with Crippen LogP contribution in [0.2, 0.25) is 0 Å². The summed E-state index contributed by atoms with van der Waals surface area (Å²) in [5.74, 6) is 1.74. The van der Waals surface area contributed by atoms with Crippen LogP contribution in [0.4, 0.5) is 5.69 Å². The Kier molecular flexibility index (Phi) is 4.37. The normalized spacial score (nSPS) is 32.7. The molecule has 0 radical (unpaired) electrons. The van der Waals surface area contributed by atoms with Crippen molar-refractivity contribution in [3.63, 3.8) is 0 Å². The van der Waals surface area contributed by atoms with Gasteiger partial charge in [0.15, 0.2) is 6.61 Å². The third-order valence-electron chi connectivity index (χ3n) is 7.78. The van der Waals surface area contributed by atoms with Crippen LogP contribution in [0, 0.1) is 11.8 Å². The van der Waals surface area contributed by atoms with Gasteiger partial charge in [0, 0.05) is 24.7 Å². The van der Waals surface area contributed by atoms with Gasteiger partial charge in [-0.2, -0.15) is 0 Å². The molecule has 1 aliphatic carbocycles. The Morgan fingerprint density at radius 3 is 3.03 bits per heavy atom. The summed E-state index contributed by atoms with van der Waals surface area (Å²) in [5.41, 5.74) is 2.73. The average molecular weight is 408 g/mol.